The number of hydrogen-bond acceptors (Lipinski definition) is 2. The summed E-state index contributed by atoms with van der Waals surface area (Å²) >= 11 is 3.45. The van der Waals surface area contributed by atoms with Crippen LogP contribution < -0.4 is 4.74 Å². The molecule has 2 rings (SSSR count). The van der Waals surface area contributed by atoms with Gasteiger partial charge in [0, 0.05) is 10.9 Å². The first-order valence-corrected chi connectivity index (χ1v) is 7.53. The largest absolute Gasteiger partial charge is 0.491 e. The molecule has 0 bridgehead atoms. The fraction of sp³-hybridized carbons (Fsp3) is 0.294. The molecule has 0 amide bonds. The van der Waals surface area contributed by atoms with E-state index in [1.807, 2.05) is 62.4 Å². The van der Waals surface area contributed by atoms with E-state index < -0.39 is 6.10 Å². The second kappa shape index (κ2) is 6.91. The van der Waals surface area contributed by atoms with Crippen molar-refractivity contribution in [2.24, 2.45) is 0 Å². The lowest BCUT2D eigenvalue weighted by Crippen LogP contribution is -2.07. The highest BCUT2D eigenvalue weighted by Crippen LogP contribution is 2.24. The van der Waals surface area contributed by atoms with E-state index in [1.54, 1.807) is 0 Å². The smallest absolute Gasteiger partial charge is 0.120 e. The fourth-order valence-corrected chi connectivity index (χ4v) is 2.52. The molecule has 20 heavy (non-hydrogen) atoms. The van der Waals surface area contributed by atoms with Gasteiger partial charge < -0.3 is 9.84 Å². The predicted molar refractivity (Wildman–Crippen MR) is 85.0 cm³/mol. The molecule has 1 N–H and O–H groups in total. The van der Waals surface area contributed by atoms with Crippen LogP contribution in [-0.4, -0.2) is 11.2 Å². The minimum absolute atomic E-state index is 0.132. The second-order valence-electron chi connectivity index (χ2n) is 5.09. The van der Waals surface area contributed by atoms with Gasteiger partial charge in [-0.1, -0.05) is 40.2 Å². The number of aliphatic hydroxyl groups excluding tert-OH is 1. The molecular formula is C17H19BrO2. The van der Waals surface area contributed by atoms with Gasteiger partial charge in [0.25, 0.3) is 0 Å². The molecule has 0 heterocycles. The average Bonchev–Trinajstić information content (AvgIpc) is 2.38. The van der Waals surface area contributed by atoms with Crippen molar-refractivity contribution >= 4 is 15.9 Å². The van der Waals surface area contributed by atoms with Crippen LogP contribution >= 0.6 is 15.9 Å². The summed E-state index contributed by atoms with van der Waals surface area (Å²) in [5.74, 6) is 0.797. The Kier molecular flexibility index (Phi) is 5.21. The Morgan fingerprint density at radius 2 is 1.85 bits per heavy atom. The van der Waals surface area contributed by atoms with Gasteiger partial charge in [-0.3, -0.25) is 0 Å². The highest BCUT2D eigenvalue weighted by molar-refractivity contribution is 9.10. The van der Waals surface area contributed by atoms with E-state index in [2.05, 4.69) is 15.9 Å². The molecule has 0 fully saturated rings. The van der Waals surface area contributed by atoms with Gasteiger partial charge in [0.2, 0.25) is 0 Å². The number of halogens is 1. The maximum absolute atomic E-state index is 10.4. The first kappa shape index (κ1) is 15.1. The Morgan fingerprint density at radius 3 is 2.55 bits per heavy atom. The van der Waals surface area contributed by atoms with Crippen LogP contribution in [0.25, 0.3) is 0 Å². The molecule has 0 aliphatic heterocycles. The number of ether oxygens (including phenoxy) is 1. The summed E-state index contributed by atoms with van der Waals surface area (Å²) in [7, 11) is 0. The molecule has 2 aromatic carbocycles. The third-order valence-corrected chi connectivity index (χ3v) is 3.43. The van der Waals surface area contributed by atoms with E-state index in [9.17, 15) is 5.11 Å². The van der Waals surface area contributed by atoms with Crippen LogP contribution in [0.4, 0.5) is 0 Å². The molecule has 0 aliphatic rings. The molecule has 3 heteroatoms. The zero-order valence-electron chi connectivity index (χ0n) is 11.7. The summed E-state index contributed by atoms with van der Waals surface area (Å²) in [6, 6.07) is 15.7. The lowest BCUT2D eigenvalue weighted by molar-refractivity contribution is 0.177. The average molecular weight is 335 g/mol. The molecule has 1 atom stereocenters. The standard InChI is InChI=1S/C17H19BrO2/c1-12(2)20-16-8-4-6-14(11-16)17(19)10-13-5-3-7-15(18)9-13/h3-9,11-12,17,19H,10H2,1-2H3. The zero-order valence-corrected chi connectivity index (χ0v) is 13.3. The highest BCUT2D eigenvalue weighted by atomic mass is 79.9. The number of hydrogen-bond donors (Lipinski definition) is 1. The van der Waals surface area contributed by atoms with Crippen molar-refractivity contribution in [3.63, 3.8) is 0 Å². The van der Waals surface area contributed by atoms with E-state index in [4.69, 9.17) is 4.74 Å². The number of rotatable bonds is 5. The molecule has 2 nitrogen and oxygen atoms in total. The van der Waals surface area contributed by atoms with Crippen LogP contribution in [0.15, 0.2) is 53.0 Å². The van der Waals surface area contributed by atoms with Crippen molar-refractivity contribution in [2.75, 3.05) is 0 Å². The summed E-state index contributed by atoms with van der Waals surface area (Å²) in [4.78, 5) is 0. The van der Waals surface area contributed by atoms with Gasteiger partial charge in [-0.2, -0.15) is 0 Å². The predicted octanol–water partition coefficient (Wildman–Crippen LogP) is 4.51. The Bertz CT molecular complexity index is 566. The molecule has 0 aromatic heterocycles. The van der Waals surface area contributed by atoms with Crippen molar-refractivity contribution < 1.29 is 9.84 Å². The van der Waals surface area contributed by atoms with Crippen LogP contribution in [0, 0.1) is 0 Å². The second-order valence-corrected chi connectivity index (χ2v) is 6.00. The SMILES string of the molecule is CC(C)Oc1cccc(C(O)Cc2cccc(Br)c2)c1. The van der Waals surface area contributed by atoms with Crippen LogP contribution in [0.3, 0.4) is 0 Å². The molecule has 0 radical (unpaired) electrons. The lowest BCUT2D eigenvalue weighted by atomic mass is 10.0. The van der Waals surface area contributed by atoms with Gasteiger partial charge >= 0.3 is 0 Å². The molecular weight excluding hydrogens is 316 g/mol. The fourth-order valence-electron chi connectivity index (χ4n) is 2.07. The van der Waals surface area contributed by atoms with Gasteiger partial charge in [-0.15, -0.1) is 0 Å². The van der Waals surface area contributed by atoms with E-state index in [1.165, 1.54) is 0 Å². The van der Waals surface area contributed by atoms with Gasteiger partial charge in [0.05, 0.1) is 12.2 Å². The minimum atomic E-state index is -0.528. The Morgan fingerprint density at radius 1 is 1.10 bits per heavy atom. The van der Waals surface area contributed by atoms with Crippen LogP contribution in [0.2, 0.25) is 0 Å². The summed E-state index contributed by atoms with van der Waals surface area (Å²) in [5.41, 5.74) is 1.98. The molecule has 0 saturated heterocycles. The third kappa shape index (κ3) is 4.36. The van der Waals surface area contributed by atoms with Crippen LogP contribution in [-0.2, 0) is 6.42 Å². The molecule has 2 aromatic rings. The van der Waals surface area contributed by atoms with Gasteiger partial charge in [-0.05, 0) is 49.2 Å². The quantitative estimate of drug-likeness (QED) is 0.871. The van der Waals surface area contributed by atoms with Crippen molar-refractivity contribution in [2.45, 2.75) is 32.5 Å². The Balaban J connectivity index is 2.10. The molecule has 0 spiro atoms. The van der Waals surface area contributed by atoms with Crippen LogP contribution in [0.1, 0.15) is 31.1 Å². The Labute approximate surface area is 128 Å². The first-order chi connectivity index (χ1) is 9.54. The maximum Gasteiger partial charge on any atom is 0.120 e. The van der Waals surface area contributed by atoms with E-state index in [-0.39, 0.29) is 6.10 Å². The normalized spacial score (nSPS) is 12.4. The first-order valence-electron chi connectivity index (χ1n) is 6.73. The summed E-state index contributed by atoms with van der Waals surface area (Å²) in [5, 5.41) is 10.4. The van der Waals surface area contributed by atoms with Gasteiger partial charge in [0.15, 0.2) is 0 Å². The molecule has 0 aliphatic carbocycles. The molecule has 1 unspecified atom stereocenters. The van der Waals surface area contributed by atoms with Gasteiger partial charge in [0.1, 0.15) is 5.75 Å². The molecule has 0 saturated carbocycles. The summed E-state index contributed by atoms with van der Waals surface area (Å²) in [6.07, 6.45) is 0.192. The number of aliphatic hydroxyl groups is 1. The van der Waals surface area contributed by atoms with E-state index >= 15 is 0 Å². The van der Waals surface area contributed by atoms with Crippen LogP contribution in [0.5, 0.6) is 5.75 Å². The zero-order chi connectivity index (χ0) is 14.5. The highest BCUT2D eigenvalue weighted by Gasteiger charge is 2.10. The van der Waals surface area contributed by atoms with Crippen molar-refractivity contribution in [1.82, 2.24) is 0 Å². The summed E-state index contributed by atoms with van der Waals surface area (Å²) in [6.45, 7) is 3.98. The maximum atomic E-state index is 10.4. The minimum Gasteiger partial charge on any atom is -0.491 e. The van der Waals surface area contributed by atoms with E-state index in [0.29, 0.717) is 6.42 Å². The number of benzene rings is 2. The Hall–Kier alpha value is -1.32. The third-order valence-electron chi connectivity index (χ3n) is 2.93. The van der Waals surface area contributed by atoms with Crippen molar-refractivity contribution in [3.8, 4) is 5.75 Å². The van der Waals surface area contributed by atoms with E-state index in [0.717, 1.165) is 21.3 Å². The van der Waals surface area contributed by atoms with Crippen molar-refractivity contribution in [1.29, 1.82) is 0 Å². The summed E-state index contributed by atoms with van der Waals surface area (Å²) < 4.78 is 6.68. The monoisotopic (exact) mass is 334 g/mol. The van der Waals surface area contributed by atoms with Crippen molar-refractivity contribution in [3.05, 3.63) is 64.1 Å². The van der Waals surface area contributed by atoms with Gasteiger partial charge in [-0.25, -0.2) is 0 Å². The molecule has 106 valence electrons. The lowest BCUT2D eigenvalue weighted by Gasteiger charge is -2.14. The topological polar surface area (TPSA) is 29.5 Å².